The van der Waals surface area contributed by atoms with Crippen molar-refractivity contribution in [2.24, 2.45) is 11.8 Å². The molecule has 1 amide bonds. The minimum Gasteiger partial charge on any atom is -0.342 e. The summed E-state index contributed by atoms with van der Waals surface area (Å²) in [7, 11) is 0. The third kappa shape index (κ3) is 2.59. The van der Waals surface area contributed by atoms with Crippen molar-refractivity contribution in [3.05, 3.63) is 10.7 Å². The molecule has 0 radical (unpaired) electrons. The lowest BCUT2D eigenvalue weighted by Gasteiger charge is -2.22. The summed E-state index contributed by atoms with van der Waals surface area (Å²) in [5.41, 5.74) is 1.46. The highest BCUT2D eigenvalue weighted by atomic mass is 35.5. The van der Waals surface area contributed by atoms with Gasteiger partial charge in [0.15, 0.2) is 5.82 Å². The zero-order chi connectivity index (χ0) is 17.7. The fourth-order valence-electron chi connectivity index (χ4n) is 3.97. The van der Waals surface area contributed by atoms with Gasteiger partial charge in [-0.25, -0.2) is 0 Å². The highest BCUT2D eigenvalue weighted by Gasteiger charge is 2.42. The summed E-state index contributed by atoms with van der Waals surface area (Å²) in [6.07, 6.45) is 0. The Hall–Kier alpha value is -2.09. The van der Waals surface area contributed by atoms with E-state index in [-0.39, 0.29) is 5.91 Å². The number of carbonyl (C=O) groups excluding carboxylic acids is 1. The van der Waals surface area contributed by atoms with Crippen LogP contribution in [0.4, 0.5) is 5.95 Å². The summed E-state index contributed by atoms with van der Waals surface area (Å²) >= 11 is 6.34. The summed E-state index contributed by atoms with van der Waals surface area (Å²) in [4.78, 5) is 15.8. The maximum absolute atomic E-state index is 11.6. The molecule has 0 bridgehead atoms. The Morgan fingerprint density at radius 3 is 2.44 bits per heavy atom. The summed E-state index contributed by atoms with van der Waals surface area (Å²) in [6.45, 7) is 9.83. The van der Waals surface area contributed by atoms with E-state index in [1.165, 1.54) is 0 Å². The number of nitrogens with zero attached hydrogens (tertiary/aromatic N) is 6. The predicted molar refractivity (Wildman–Crippen MR) is 94.5 cm³/mol. The van der Waals surface area contributed by atoms with Crippen LogP contribution in [0.25, 0.3) is 11.5 Å². The lowest BCUT2D eigenvalue weighted by Crippen LogP contribution is -2.32. The number of halogens is 1. The van der Waals surface area contributed by atoms with E-state index in [1.54, 1.807) is 6.92 Å². The minimum atomic E-state index is 0.170. The molecule has 134 valence electrons. The molecule has 0 aromatic carbocycles. The number of aromatic nitrogens is 5. The van der Waals surface area contributed by atoms with Crippen LogP contribution in [0.15, 0.2) is 0 Å². The van der Waals surface area contributed by atoms with E-state index in [9.17, 15) is 4.79 Å². The summed E-state index contributed by atoms with van der Waals surface area (Å²) < 4.78 is 2.06. The first-order chi connectivity index (χ1) is 12.0. The Kier molecular flexibility index (Phi) is 3.94. The minimum absolute atomic E-state index is 0.170. The SMILES string of the molecule is CCn1c(-c2n[nH]c(C)c2Cl)nnc1N1C[C@H]2CN(C(C)=O)C[C@H]2C1. The van der Waals surface area contributed by atoms with E-state index in [0.29, 0.717) is 28.4 Å². The van der Waals surface area contributed by atoms with Gasteiger partial charge in [0.2, 0.25) is 11.9 Å². The summed E-state index contributed by atoms with van der Waals surface area (Å²) in [5, 5.41) is 16.5. The molecule has 25 heavy (non-hydrogen) atoms. The average molecular weight is 364 g/mol. The molecule has 2 aliphatic heterocycles. The van der Waals surface area contributed by atoms with Crippen molar-refractivity contribution in [2.45, 2.75) is 27.3 Å². The van der Waals surface area contributed by atoms with E-state index < -0.39 is 0 Å². The van der Waals surface area contributed by atoms with Crippen molar-refractivity contribution in [1.29, 1.82) is 0 Å². The van der Waals surface area contributed by atoms with Crippen LogP contribution < -0.4 is 4.90 Å². The maximum atomic E-state index is 11.6. The summed E-state index contributed by atoms with van der Waals surface area (Å²) in [6, 6.07) is 0. The number of H-pyrrole nitrogens is 1. The Labute approximate surface area is 151 Å². The van der Waals surface area contributed by atoms with Gasteiger partial charge in [0.1, 0.15) is 5.69 Å². The molecular weight excluding hydrogens is 342 g/mol. The highest BCUT2D eigenvalue weighted by Crippen LogP contribution is 2.35. The van der Waals surface area contributed by atoms with Gasteiger partial charge in [-0.1, -0.05) is 11.6 Å². The van der Waals surface area contributed by atoms with Crippen LogP contribution in [0, 0.1) is 18.8 Å². The smallest absolute Gasteiger partial charge is 0.227 e. The zero-order valence-corrected chi connectivity index (χ0v) is 15.4. The van der Waals surface area contributed by atoms with Crippen molar-refractivity contribution >= 4 is 23.5 Å². The van der Waals surface area contributed by atoms with Gasteiger partial charge in [0.25, 0.3) is 0 Å². The van der Waals surface area contributed by atoms with Crippen LogP contribution >= 0.6 is 11.6 Å². The molecule has 2 saturated heterocycles. The van der Waals surface area contributed by atoms with E-state index in [1.807, 2.05) is 11.8 Å². The standard InChI is InChI=1S/C16H22ClN7O/c1-4-24-15(14-13(17)9(2)18-19-14)20-21-16(24)23-7-11-5-22(10(3)25)6-12(11)8-23/h11-12H,4-8H2,1-3H3,(H,18,19)/t11-,12+. The predicted octanol–water partition coefficient (Wildman–Crippen LogP) is 1.56. The van der Waals surface area contributed by atoms with Crippen molar-refractivity contribution in [3.63, 3.8) is 0 Å². The molecule has 2 aromatic rings. The van der Waals surface area contributed by atoms with E-state index >= 15 is 0 Å². The van der Waals surface area contributed by atoms with Crippen LogP contribution in [0.1, 0.15) is 19.5 Å². The number of rotatable bonds is 3. The fraction of sp³-hybridized carbons (Fsp3) is 0.625. The van der Waals surface area contributed by atoms with Crippen LogP contribution in [0.2, 0.25) is 5.02 Å². The number of amides is 1. The summed E-state index contributed by atoms with van der Waals surface area (Å²) in [5.74, 6) is 2.73. The van der Waals surface area contributed by atoms with Gasteiger partial charge in [-0.15, -0.1) is 10.2 Å². The number of carbonyl (C=O) groups is 1. The fourth-order valence-corrected chi connectivity index (χ4v) is 4.14. The van der Waals surface area contributed by atoms with Crippen LogP contribution in [-0.4, -0.2) is 61.9 Å². The van der Waals surface area contributed by atoms with Crippen molar-refractivity contribution in [1.82, 2.24) is 29.9 Å². The first-order valence-corrected chi connectivity index (χ1v) is 9.01. The molecule has 0 saturated carbocycles. The first kappa shape index (κ1) is 16.4. The van der Waals surface area contributed by atoms with Crippen LogP contribution in [-0.2, 0) is 11.3 Å². The molecule has 9 heteroatoms. The second-order valence-electron chi connectivity index (χ2n) is 6.93. The van der Waals surface area contributed by atoms with Gasteiger partial charge >= 0.3 is 0 Å². The second-order valence-corrected chi connectivity index (χ2v) is 7.31. The van der Waals surface area contributed by atoms with E-state index in [0.717, 1.165) is 44.4 Å². The Morgan fingerprint density at radius 2 is 1.92 bits per heavy atom. The van der Waals surface area contributed by atoms with E-state index in [4.69, 9.17) is 11.6 Å². The number of aromatic amines is 1. The van der Waals surface area contributed by atoms with Gasteiger partial charge in [0, 0.05) is 51.5 Å². The maximum Gasteiger partial charge on any atom is 0.227 e. The quantitative estimate of drug-likeness (QED) is 0.894. The molecule has 1 N–H and O–H groups in total. The van der Waals surface area contributed by atoms with Gasteiger partial charge in [-0.3, -0.25) is 14.5 Å². The average Bonchev–Trinajstić information content (AvgIpc) is 3.30. The number of aryl methyl sites for hydroxylation is 1. The number of hydrogen-bond donors (Lipinski definition) is 1. The highest BCUT2D eigenvalue weighted by molar-refractivity contribution is 6.33. The van der Waals surface area contributed by atoms with Gasteiger partial charge in [-0.2, -0.15) is 5.10 Å². The monoisotopic (exact) mass is 363 g/mol. The largest absolute Gasteiger partial charge is 0.342 e. The number of nitrogens with one attached hydrogen (secondary N) is 1. The molecule has 4 rings (SSSR count). The van der Waals surface area contributed by atoms with Gasteiger partial charge in [0.05, 0.1) is 10.7 Å². The molecule has 4 heterocycles. The lowest BCUT2D eigenvalue weighted by atomic mass is 10.0. The number of hydrogen-bond acceptors (Lipinski definition) is 5. The third-order valence-electron chi connectivity index (χ3n) is 5.35. The van der Waals surface area contributed by atoms with Crippen LogP contribution in [0.3, 0.4) is 0 Å². The molecule has 2 aliphatic rings. The molecular formula is C16H22ClN7O. The van der Waals surface area contributed by atoms with Crippen LogP contribution in [0.5, 0.6) is 0 Å². The molecule has 2 atom stereocenters. The number of anilines is 1. The Balaban J connectivity index is 1.59. The first-order valence-electron chi connectivity index (χ1n) is 8.64. The normalized spacial score (nSPS) is 22.7. The lowest BCUT2D eigenvalue weighted by molar-refractivity contribution is -0.128. The van der Waals surface area contributed by atoms with E-state index in [2.05, 4.69) is 36.8 Å². The second kappa shape index (κ2) is 6.01. The van der Waals surface area contributed by atoms with Gasteiger partial charge < -0.3 is 9.80 Å². The molecule has 0 unspecified atom stereocenters. The third-order valence-corrected chi connectivity index (χ3v) is 5.81. The molecule has 2 fully saturated rings. The Morgan fingerprint density at radius 1 is 1.24 bits per heavy atom. The van der Waals surface area contributed by atoms with Gasteiger partial charge in [-0.05, 0) is 13.8 Å². The molecule has 2 aromatic heterocycles. The molecule has 8 nitrogen and oxygen atoms in total. The topological polar surface area (TPSA) is 82.9 Å². The molecule has 0 spiro atoms. The molecule has 0 aliphatic carbocycles. The number of likely N-dealkylation sites (tertiary alicyclic amines) is 1. The number of fused-ring (bicyclic) bond motifs is 1. The zero-order valence-electron chi connectivity index (χ0n) is 14.7. The van der Waals surface area contributed by atoms with Crippen molar-refractivity contribution in [3.8, 4) is 11.5 Å². The van der Waals surface area contributed by atoms with Crippen molar-refractivity contribution < 1.29 is 4.79 Å². The van der Waals surface area contributed by atoms with Crippen molar-refractivity contribution in [2.75, 3.05) is 31.1 Å². The Bertz CT molecular complexity index is 800.